The molecule has 23 heavy (non-hydrogen) atoms. The van der Waals surface area contributed by atoms with E-state index < -0.39 is 0 Å². The van der Waals surface area contributed by atoms with Crippen molar-refractivity contribution in [1.82, 2.24) is 4.98 Å². The molecule has 2 heteroatoms. The van der Waals surface area contributed by atoms with Gasteiger partial charge in [0.2, 0.25) is 0 Å². The average molecular weight is 301 g/mol. The van der Waals surface area contributed by atoms with Crippen LogP contribution in [0.4, 0.5) is 0 Å². The van der Waals surface area contributed by atoms with E-state index in [4.69, 9.17) is 4.74 Å². The minimum Gasteiger partial charge on any atom is -0.363 e. The van der Waals surface area contributed by atoms with E-state index in [9.17, 15) is 0 Å². The number of ether oxygens (including phenoxy) is 1. The molecule has 3 rings (SSSR count). The van der Waals surface area contributed by atoms with Crippen molar-refractivity contribution in [3.63, 3.8) is 0 Å². The number of hydrogen-bond acceptors (Lipinski definition) is 2. The second kappa shape index (κ2) is 8.06. The molecule has 0 aliphatic heterocycles. The maximum absolute atomic E-state index is 6.09. The Kier molecular flexibility index (Phi) is 5.33. The van der Waals surface area contributed by atoms with Crippen LogP contribution in [0.15, 0.2) is 91.1 Å². The van der Waals surface area contributed by atoms with Crippen molar-refractivity contribution in [2.75, 3.05) is 0 Å². The van der Waals surface area contributed by atoms with Gasteiger partial charge in [-0.25, -0.2) is 0 Å². The smallest absolute Gasteiger partial charge is 0.101 e. The molecule has 0 N–H and O–H groups in total. The van der Waals surface area contributed by atoms with Crippen LogP contribution in [0, 0.1) is 0 Å². The van der Waals surface area contributed by atoms with Crippen LogP contribution in [0.5, 0.6) is 0 Å². The summed E-state index contributed by atoms with van der Waals surface area (Å²) in [6, 6.07) is 26.3. The van der Waals surface area contributed by atoms with Crippen LogP contribution in [-0.4, -0.2) is 4.98 Å². The van der Waals surface area contributed by atoms with Crippen molar-refractivity contribution in [3.8, 4) is 0 Å². The lowest BCUT2D eigenvalue weighted by Gasteiger charge is -2.14. The van der Waals surface area contributed by atoms with Gasteiger partial charge in [-0.15, -0.1) is 0 Å². The quantitative estimate of drug-likeness (QED) is 0.635. The zero-order chi connectivity index (χ0) is 15.7. The summed E-state index contributed by atoms with van der Waals surface area (Å²) >= 11 is 0. The first-order valence-corrected chi connectivity index (χ1v) is 7.71. The molecule has 3 aromatic rings. The van der Waals surface area contributed by atoms with E-state index in [1.165, 1.54) is 0 Å². The second-order valence-corrected chi connectivity index (χ2v) is 5.23. The lowest BCUT2D eigenvalue weighted by atomic mass is 10.1. The van der Waals surface area contributed by atoms with Crippen LogP contribution < -0.4 is 0 Å². The third kappa shape index (κ3) is 4.63. The molecular weight excluding hydrogens is 282 g/mol. The molecule has 0 aliphatic rings. The zero-order valence-corrected chi connectivity index (χ0v) is 12.9. The Hall–Kier alpha value is -2.71. The van der Waals surface area contributed by atoms with Gasteiger partial charge in [0.25, 0.3) is 0 Å². The molecule has 0 aliphatic carbocycles. The Labute approximate surface area is 137 Å². The molecule has 114 valence electrons. The highest BCUT2D eigenvalue weighted by atomic mass is 16.5. The molecule has 0 radical (unpaired) electrons. The van der Waals surface area contributed by atoms with Crippen LogP contribution >= 0.6 is 0 Å². The lowest BCUT2D eigenvalue weighted by Crippen LogP contribution is -2.03. The molecule has 0 amide bonds. The average Bonchev–Trinajstić information content (AvgIpc) is 2.64. The normalized spacial score (nSPS) is 12.3. The summed E-state index contributed by atoms with van der Waals surface area (Å²) in [6.45, 7) is 0.486. The van der Waals surface area contributed by atoms with E-state index in [-0.39, 0.29) is 6.10 Å². The molecular formula is C21H19NO. The number of nitrogens with zero attached hydrogens (tertiary/aromatic N) is 1. The van der Waals surface area contributed by atoms with Crippen molar-refractivity contribution < 1.29 is 4.74 Å². The fraction of sp³-hybridized carbons (Fsp3) is 0.0952. The Bertz CT molecular complexity index is 724. The molecule has 2 nitrogen and oxygen atoms in total. The topological polar surface area (TPSA) is 22.1 Å². The number of hydrogen-bond donors (Lipinski definition) is 0. The van der Waals surface area contributed by atoms with Crippen molar-refractivity contribution in [1.29, 1.82) is 0 Å². The summed E-state index contributed by atoms with van der Waals surface area (Å²) in [4.78, 5) is 4.31. The summed E-state index contributed by atoms with van der Waals surface area (Å²) < 4.78 is 6.09. The van der Waals surface area contributed by atoms with Gasteiger partial charge in [-0.2, -0.15) is 0 Å². The molecule has 0 saturated heterocycles. The van der Waals surface area contributed by atoms with Gasteiger partial charge in [-0.05, 0) is 23.3 Å². The fourth-order valence-electron chi connectivity index (χ4n) is 2.33. The number of benzene rings is 2. The van der Waals surface area contributed by atoms with Crippen LogP contribution in [0.3, 0.4) is 0 Å². The van der Waals surface area contributed by atoms with Gasteiger partial charge in [-0.3, -0.25) is 4.98 Å². The SMILES string of the molecule is C(=C\C(OCc1ccccn1)c1ccccc1)/c1ccccc1. The summed E-state index contributed by atoms with van der Waals surface area (Å²) in [7, 11) is 0. The molecule has 1 atom stereocenters. The van der Waals surface area contributed by atoms with E-state index in [2.05, 4.69) is 41.4 Å². The van der Waals surface area contributed by atoms with E-state index in [0.717, 1.165) is 16.8 Å². The molecule has 0 fully saturated rings. The summed E-state index contributed by atoms with van der Waals surface area (Å²) in [5.41, 5.74) is 3.23. The third-order valence-electron chi connectivity index (χ3n) is 3.53. The van der Waals surface area contributed by atoms with Crippen LogP contribution in [0.25, 0.3) is 6.08 Å². The Morgan fingerprint density at radius 2 is 1.52 bits per heavy atom. The van der Waals surface area contributed by atoms with E-state index >= 15 is 0 Å². The Morgan fingerprint density at radius 3 is 2.22 bits per heavy atom. The Morgan fingerprint density at radius 1 is 0.826 bits per heavy atom. The Balaban J connectivity index is 1.75. The minimum atomic E-state index is -0.0987. The highest BCUT2D eigenvalue weighted by Crippen LogP contribution is 2.21. The van der Waals surface area contributed by atoms with Gasteiger partial charge in [-0.1, -0.05) is 78.9 Å². The van der Waals surface area contributed by atoms with Gasteiger partial charge >= 0.3 is 0 Å². The summed E-state index contributed by atoms with van der Waals surface area (Å²) in [5.74, 6) is 0. The lowest BCUT2D eigenvalue weighted by molar-refractivity contribution is 0.0701. The second-order valence-electron chi connectivity index (χ2n) is 5.23. The van der Waals surface area contributed by atoms with Gasteiger partial charge < -0.3 is 4.74 Å². The molecule has 1 aromatic heterocycles. The molecule has 0 saturated carbocycles. The van der Waals surface area contributed by atoms with Crippen LogP contribution in [0.2, 0.25) is 0 Å². The van der Waals surface area contributed by atoms with E-state index in [0.29, 0.717) is 6.61 Å². The van der Waals surface area contributed by atoms with Gasteiger partial charge in [0.05, 0.1) is 12.3 Å². The first-order chi connectivity index (χ1) is 11.4. The molecule has 0 bridgehead atoms. The standard InChI is InChI=1S/C21H19NO/c1-3-9-18(10-4-1)14-15-21(19-11-5-2-6-12-19)23-17-20-13-7-8-16-22-20/h1-16,21H,17H2/b15-14+. The maximum Gasteiger partial charge on any atom is 0.101 e. The van der Waals surface area contributed by atoms with Crippen LogP contribution in [0.1, 0.15) is 22.9 Å². The predicted octanol–water partition coefficient (Wildman–Crippen LogP) is 5.05. The van der Waals surface area contributed by atoms with Gasteiger partial charge in [0, 0.05) is 6.20 Å². The highest BCUT2D eigenvalue weighted by molar-refractivity contribution is 5.50. The van der Waals surface area contributed by atoms with Crippen molar-refractivity contribution >= 4 is 6.08 Å². The summed E-state index contributed by atoms with van der Waals surface area (Å²) in [6.07, 6.45) is 5.87. The van der Waals surface area contributed by atoms with E-state index in [1.54, 1.807) is 6.20 Å². The molecule has 2 aromatic carbocycles. The molecule has 1 heterocycles. The predicted molar refractivity (Wildman–Crippen MR) is 93.7 cm³/mol. The number of aromatic nitrogens is 1. The monoisotopic (exact) mass is 301 g/mol. The van der Waals surface area contributed by atoms with Gasteiger partial charge in [0.15, 0.2) is 0 Å². The third-order valence-corrected chi connectivity index (χ3v) is 3.53. The zero-order valence-electron chi connectivity index (χ0n) is 12.9. The molecule has 0 spiro atoms. The number of pyridine rings is 1. The van der Waals surface area contributed by atoms with Crippen LogP contribution in [-0.2, 0) is 11.3 Å². The van der Waals surface area contributed by atoms with E-state index in [1.807, 2.05) is 54.6 Å². The van der Waals surface area contributed by atoms with Crippen molar-refractivity contribution in [2.45, 2.75) is 12.7 Å². The maximum atomic E-state index is 6.09. The number of rotatable bonds is 6. The first-order valence-electron chi connectivity index (χ1n) is 7.71. The minimum absolute atomic E-state index is 0.0987. The summed E-state index contributed by atoms with van der Waals surface area (Å²) in [5, 5.41) is 0. The molecule has 1 unspecified atom stereocenters. The van der Waals surface area contributed by atoms with Crippen molar-refractivity contribution in [2.24, 2.45) is 0 Å². The van der Waals surface area contributed by atoms with Gasteiger partial charge in [0.1, 0.15) is 6.10 Å². The largest absolute Gasteiger partial charge is 0.363 e. The highest BCUT2D eigenvalue weighted by Gasteiger charge is 2.08. The fourth-order valence-corrected chi connectivity index (χ4v) is 2.33. The van der Waals surface area contributed by atoms with Crippen molar-refractivity contribution in [3.05, 3.63) is 108 Å². The first kappa shape index (κ1) is 15.2.